The molecule has 0 aliphatic carbocycles. The fraction of sp³-hybridized carbons (Fsp3) is 0.571. The third-order valence-corrected chi connectivity index (χ3v) is 1.63. The molecule has 0 amide bonds. The van der Waals surface area contributed by atoms with Crippen LogP contribution in [0.5, 0.6) is 0 Å². The van der Waals surface area contributed by atoms with Crippen LogP contribution in [-0.4, -0.2) is 35.0 Å². The molecular formula is C7H11N3O2. The van der Waals surface area contributed by atoms with E-state index in [1.165, 1.54) is 0 Å². The van der Waals surface area contributed by atoms with Crippen LogP contribution in [-0.2, 0) is 18.2 Å². The van der Waals surface area contributed by atoms with Gasteiger partial charge in [-0.25, -0.2) is 0 Å². The number of aromatic nitrogens is 3. The second kappa shape index (κ2) is 3.96. The first-order chi connectivity index (χ1) is 5.79. The van der Waals surface area contributed by atoms with E-state index in [2.05, 4.69) is 10.3 Å². The number of ether oxygens (including phenoxy) is 1. The Bertz CT molecular complexity index is 270. The first kappa shape index (κ1) is 8.86. The van der Waals surface area contributed by atoms with Crippen LogP contribution in [0.15, 0.2) is 0 Å². The molecule has 5 nitrogen and oxygen atoms in total. The highest BCUT2D eigenvalue weighted by Crippen LogP contribution is 2.01. The Hall–Kier alpha value is -1.23. The van der Waals surface area contributed by atoms with Crippen LogP contribution in [0.1, 0.15) is 16.2 Å². The molecule has 0 saturated carbocycles. The fourth-order valence-electron chi connectivity index (χ4n) is 0.973. The molecule has 66 valence electrons. The summed E-state index contributed by atoms with van der Waals surface area (Å²) in [7, 11) is 3.37. The molecule has 0 fully saturated rings. The second-order valence-corrected chi connectivity index (χ2v) is 2.41. The summed E-state index contributed by atoms with van der Waals surface area (Å²) in [5, 5.41) is 7.40. The summed E-state index contributed by atoms with van der Waals surface area (Å²) in [5.41, 5.74) is 1.21. The average molecular weight is 169 g/mol. The highest BCUT2D eigenvalue weighted by molar-refractivity contribution is 5.73. The minimum Gasteiger partial charge on any atom is -0.384 e. The first-order valence-corrected chi connectivity index (χ1v) is 3.62. The van der Waals surface area contributed by atoms with Crippen molar-refractivity contribution >= 4 is 6.29 Å². The summed E-state index contributed by atoms with van der Waals surface area (Å²) in [6, 6.07) is 0. The largest absolute Gasteiger partial charge is 0.384 e. The molecule has 0 aliphatic rings. The van der Waals surface area contributed by atoms with Crippen LogP contribution in [0.2, 0.25) is 0 Å². The standard InChI is InChI=1S/C7H11N3O2/c1-10-7(3-4-12-2)6(5-11)8-9-10/h5H,3-4H2,1-2H3. The quantitative estimate of drug-likeness (QED) is 0.586. The van der Waals surface area contributed by atoms with Gasteiger partial charge in [0.1, 0.15) is 5.69 Å². The number of carbonyl (C=O) groups excluding carboxylic acids is 1. The number of hydrogen-bond acceptors (Lipinski definition) is 4. The molecule has 1 heterocycles. The predicted molar refractivity (Wildman–Crippen MR) is 42.0 cm³/mol. The number of hydrogen-bond donors (Lipinski definition) is 0. The van der Waals surface area contributed by atoms with Gasteiger partial charge in [0.15, 0.2) is 6.29 Å². The molecule has 0 spiro atoms. The smallest absolute Gasteiger partial charge is 0.172 e. The van der Waals surface area contributed by atoms with Gasteiger partial charge < -0.3 is 4.74 Å². The van der Waals surface area contributed by atoms with Crippen molar-refractivity contribution in [2.24, 2.45) is 7.05 Å². The Labute approximate surface area is 70.3 Å². The van der Waals surface area contributed by atoms with Gasteiger partial charge >= 0.3 is 0 Å². The molecule has 0 bridgehead atoms. The lowest BCUT2D eigenvalue weighted by Crippen LogP contribution is -2.04. The van der Waals surface area contributed by atoms with Crippen molar-refractivity contribution in [1.82, 2.24) is 15.0 Å². The monoisotopic (exact) mass is 169 g/mol. The van der Waals surface area contributed by atoms with E-state index in [0.717, 1.165) is 5.69 Å². The van der Waals surface area contributed by atoms with Crippen LogP contribution in [0.3, 0.4) is 0 Å². The highest BCUT2D eigenvalue weighted by atomic mass is 16.5. The lowest BCUT2D eigenvalue weighted by atomic mass is 10.2. The Kier molecular flexibility index (Phi) is 2.93. The summed E-state index contributed by atoms with van der Waals surface area (Å²) >= 11 is 0. The van der Waals surface area contributed by atoms with Gasteiger partial charge in [-0.1, -0.05) is 5.21 Å². The zero-order chi connectivity index (χ0) is 8.97. The van der Waals surface area contributed by atoms with Gasteiger partial charge in [-0.2, -0.15) is 0 Å². The maximum atomic E-state index is 10.4. The number of aryl methyl sites for hydroxylation is 1. The van der Waals surface area contributed by atoms with Crippen LogP contribution < -0.4 is 0 Å². The number of methoxy groups -OCH3 is 1. The minimum absolute atomic E-state index is 0.398. The van der Waals surface area contributed by atoms with Crippen molar-refractivity contribution in [1.29, 1.82) is 0 Å². The Morgan fingerprint density at radius 3 is 3.00 bits per heavy atom. The van der Waals surface area contributed by atoms with Gasteiger partial charge in [0.2, 0.25) is 0 Å². The zero-order valence-electron chi connectivity index (χ0n) is 7.15. The van der Waals surface area contributed by atoms with Gasteiger partial charge in [0.25, 0.3) is 0 Å². The van der Waals surface area contributed by atoms with Gasteiger partial charge in [0.05, 0.1) is 12.3 Å². The van der Waals surface area contributed by atoms with E-state index in [1.807, 2.05) is 0 Å². The van der Waals surface area contributed by atoms with Crippen molar-refractivity contribution in [2.75, 3.05) is 13.7 Å². The number of rotatable bonds is 4. The maximum absolute atomic E-state index is 10.4. The van der Waals surface area contributed by atoms with E-state index < -0.39 is 0 Å². The number of aldehydes is 1. The topological polar surface area (TPSA) is 57.0 Å². The molecule has 0 unspecified atom stereocenters. The molecule has 0 aromatic carbocycles. The number of carbonyl (C=O) groups is 1. The average Bonchev–Trinajstić information content (AvgIpc) is 2.43. The van der Waals surface area contributed by atoms with E-state index in [9.17, 15) is 4.79 Å². The Balaban J connectivity index is 2.79. The molecule has 0 saturated heterocycles. The number of nitrogens with zero attached hydrogens (tertiary/aromatic N) is 3. The normalized spacial score (nSPS) is 10.2. The summed E-state index contributed by atoms with van der Waals surface area (Å²) in [6.07, 6.45) is 1.37. The summed E-state index contributed by atoms with van der Waals surface area (Å²) in [4.78, 5) is 10.4. The molecule has 5 heteroatoms. The molecule has 0 atom stereocenters. The predicted octanol–water partition coefficient (Wildman–Crippen LogP) is -0.184. The van der Waals surface area contributed by atoms with Crippen molar-refractivity contribution < 1.29 is 9.53 Å². The van der Waals surface area contributed by atoms with Crippen molar-refractivity contribution in [3.63, 3.8) is 0 Å². The van der Waals surface area contributed by atoms with Gasteiger partial charge in [-0.3, -0.25) is 9.48 Å². The molecule has 12 heavy (non-hydrogen) atoms. The molecular weight excluding hydrogens is 158 g/mol. The Morgan fingerprint density at radius 2 is 2.42 bits per heavy atom. The lowest BCUT2D eigenvalue weighted by Gasteiger charge is -1.99. The van der Waals surface area contributed by atoms with Crippen LogP contribution in [0, 0.1) is 0 Å². The van der Waals surface area contributed by atoms with Crippen molar-refractivity contribution in [2.45, 2.75) is 6.42 Å². The summed E-state index contributed by atoms with van der Waals surface area (Å²) < 4.78 is 6.47. The minimum atomic E-state index is 0.398. The molecule has 0 aliphatic heterocycles. The van der Waals surface area contributed by atoms with E-state index >= 15 is 0 Å². The molecule has 1 aromatic rings. The maximum Gasteiger partial charge on any atom is 0.172 e. The Morgan fingerprint density at radius 1 is 1.67 bits per heavy atom. The van der Waals surface area contributed by atoms with E-state index in [1.54, 1.807) is 18.8 Å². The van der Waals surface area contributed by atoms with Crippen LogP contribution in [0.4, 0.5) is 0 Å². The van der Waals surface area contributed by atoms with Gasteiger partial charge in [0, 0.05) is 20.6 Å². The third kappa shape index (κ3) is 1.68. The second-order valence-electron chi connectivity index (χ2n) is 2.41. The van der Waals surface area contributed by atoms with Gasteiger partial charge in [-0.15, -0.1) is 5.10 Å². The molecule has 1 aromatic heterocycles. The van der Waals surface area contributed by atoms with E-state index in [0.29, 0.717) is 25.0 Å². The highest BCUT2D eigenvalue weighted by Gasteiger charge is 2.08. The van der Waals surface area contributed by atoms with Crippen molar-refractivity contribution in [3.05, 3.63) is 11.4 Å². The molecule has 1 rings (SSSR count). The summed E-state index contributed by atoms with van der Waals surface area (Å²) in [5.74, 6) is 0. The van der Waals surface area contributed by atoms with Crippen LogP contribution in [0.25, 0.3) is 0 Å². The summed E-state index contributed by atoms with van der Waals surface area (Å²) in [6.45, 7) is 0.571. The first-order valence-electron chi connectivity index (χ1n) is 3.62. The molecule has 0 radical (unpaired) electrons. The van der Waals surface area contributed by atoms with E-state index in [-0.39, 0.29) is 0 Å². The van der Waals surface area contributed by atoms with Gasteiger partial charge in [-0.05, 0) is 0 Å². The van der Waals surface area contributed by atoms with E-state index in [4.69, 9.17) is 4.74 Å². The fourth-order valence-corrected chi connectivity index (χ4v) is 0.973. The third-order valence-electron chi connectivity index (χ3n) is 1.63. The van der Waals surface area contributed by atoms with Crippen LogP contribution >= 0.6 is 0 Å². The molecule has 0 N–H and O–H groups in total. The zero-order valence-corrected chi connectivity index (χ0v) is 7.15. The van der Waals surface area contributed by atoms with Crippen molar-refractivity contribution in [3.8, 4) is 0 Å². The lowest BCUT2D eigenvalue weighted by molar-refractivity contribution is 0.111. The SMILES string of the molecule is COCCc1c(C=O)nnn1C.